The van der Waals surface area contributed by atoms with Gasteiger partial charge >= 0.3 is 0 Å². The summed E-state index contributed by atoms with van der Waals surface area (Å²) in [4.78, 5) is 12.8. The van der Waals surface area contributed by atoms with Crippen molar-refractivity contribution < 1.29 is 0 Å². The molecule has 0 aliphatic heterocycles. The second-order valence-corrected chi connectivity index (χ2v) is 6.98. The molecule has 1 aromatic carbocycles. The number of rotatable bonds is 4. The Kier molecular flexibility index (Phi) is 4.12. The predicted octanol–water partition coefficient (Wildman–Crippen LogP) is 4.76. The molecule has 108 valence electrons. The molecule has 0 atom stereocenters. The Morgan fingerprint density at radius 2 is 1.95 bits per heavy atom. The number of nitrogens with one attached hydrogen (secondary N) is 1. The van der Waals surface area contributed by atoms with Gasteiger partial charge in [-0.15, -0.1) is 11.3 Å². The maximum atomic E-state index is 4.63. The van der Waals surface area contributed by atoms with E-state index in [0.29, 0.717) is 5.95 Å². The number of fused-ring (bicyclic) bond motifs is 1. The number of hydrogen-bond acceptors (Lipinski definition) is 5. The van der Waals surface area contributed by atoms with Gasteiger partial charge in [-0.2, -0.15) is 0 Å². The lowest BCUT2D eigenvalue weighted by Gasteiger charge is -2.05. The average molecular weight is 315 g/mol. The average Bonchev–Trinajstić information content (AvgIpc) is 2.92. The first-order valence-corrected chi connectivity index (χ1v) is 8.55. The Morgan fingerprint density at radius 1 is 1.19 bits per heavy atom. The normalized spacial score (nSPS) is 11.0. The molecule has 3 nitrogen and oxygen atoms in total. The van der Waals surface area contributed by atoms with Gasteiger partial charge in [0.1, 0.15) is 9.86 Å². The van der Waals surface area contributed by atoms with Gasteiger partial charge < -0.3 is 5.32 Å². The Morgan fingerprint density at radius 3 is 2.62 bits per heavy atom. The van der Waals surface area contributed by atoms with Crippen molar-refractivity contribution in [2.75, 3.05) is 12.4 Å². The fraction of sp³-hybridized carbons (Fsp3) is 0.250. The number of nitrogens with zero attached hydrogens (tertiary/aromatic N) is 2. The van der Waals surface area contributed by atoms with E-state index in [2.05, 4.69) is 59.5 Å². The topological polar surface area (TPSA) is 37.8 Å². The SMILES string of the molecule is CCc1cc2c(Sc3ccc(C)cc3)nc(NC)nc2s1. The van der Waals surface area contributed by atoms with Crippen LogP contribution in [0.15, 0.2) is 40.3 Å². The van der Waals surface area contributed by atoms with Gasteiger partial charge in [-0.1, -0.05) is 36.4 Å². The van der Waals surface area contributed by atoms with Crippen LogP contribution < -0.4 is 5.32 Å². The van der Waals surface area contributed by atoms with Crippen LogP contribution in [0.2, 0.25) is 0 Å². The van der Waals surface area contributed by atoms with Crippen LogP contribution in [0.4, 0.5) is 5.95 Å². The highest BCUT2D eigenvalue weighted by molar-refractivity contribution is 7.99. The van der Waals surface area contributed by atoms with Crippen molar-refractivity contribution in [1.29, 1.82) is 0 Å². The largest absolute Gasteiger partial charge is 0.357 e. The van der Waals surface area contributed by atoms with Crippen LogP contribution in [0.5, 0.6) is 0 Å². The number of aryl methyl sites for hydroxylation is 2. The highest BCUT2D eigenvalue weighted by Crippen LogP contribution is 2.36. The minimum absolute atomic E-state index is 0.682. The number of benzene rings is 1. The van der Waals surface area contributed by atoms with Gasteiger partial charge in [0.15, 0.2) is 0 Å². The van der Waals surface area contributed by atoms with Gasteiger partial charge in [0.05, 0.1) is 0 Å². The van der Waals surface area contributed by atoms with Crippen LogP contribution in [-0.4, -0.2) is 17.0 Å². The quantitative estimate of drug-likeness (QED) is 0.705. The van der Waals surface area contributed by atoms with Gasteiger partial charge in [0.2, 0.25) is 5.95 Å². The molecule has 0 amide bonds. The highest BCUT2D eigenvalue weighted by atomic mass is 32.2. The molecule has 21 heavy (non-hydrogen) atoms. The van der Waals surface area contributed by atoms with Crippen molar-refractivity contribution in [1.82, 2.24) is 9.97 Å². The molecular formula is C16H17N3S2. The number of aromatic nitrogens is 2. The second kappa shape index (κ2) is 6.03. The fourth-order valence-corrected chi connectivity index (χ4v) is 3.95. The van der Waals surface area contributed by atoms with Crippen LogP contribution in [0.3, 0.4) is 0 Å². The van der Waals surface area contributed by atoms with Gasteiger partial charge in [0.25, 0.3) is 0 Å². The molecule has 0 fully saturated rings. The minimum atomic E-state index is 0.682. The van der Waals surface area contributed by atoms with Crippen LogP contribution in [0.1, 0.15) is 17.4 Å². The molecule has 2 heterocycles. The van der Waals surface area contributed by atoms with E-state index < -0.39 is 0 Å². The van der Waals surface area contributed by atoms with Crippen molar-refractivity contribution in [2.45, 2.75) is 30.2 Å². The molecule has 0 saturated heterocycles. The summed E-state index contributed by atoms with van der Waals surface area (Å²) < 4.78 is 0. The van der Waals surface area contributed by atoms with E-state index in [9.17, 15) is 0 Å². The van der Waals surface area contributed by atoms with E-state index in [1.165, 1.54) is 15.3 Å². The zero-order chi connectivity index (χ0) is 14.8. The molecule has 0 aliphatic carbocycles. The van der Waals surface area contributed by atoms with Gasteiger partial charge in [-0.25, -0.2) is 9.97 Å². The first-order valence-electron chi connectivity index (χ1n) is 6.92. The van der Waals surface area contributed by atoms with Crippen molar-refractivity contribution in [3.05, 3.63) is 40.8 Å². The summed E-state index contributed by atoms with van der Waals surface area (Å²) in [5.41, 5.74) is 1.27. The summed E-state index contributed by atoms with van der Waals surface area (Å²) in [6.45, 7) is 4.27. The summed E-state index contributed by atoms with van der Waals surface area (Å²) >= 11 is 3.44. The smallest absolute Gasteiger partial charge is 0.224 e. The summed E-state index contributed by atoms with van der Waals surface area (Å²) in [5, 5.41) is 5.22. The van der Waals surface area contributed by atoms with Gasteiger partial charge in [0, 0.05) is 22.2 Å². The van der Waals surface area contributed by atoms with Crippen LogP contribution in [-0.2, 0) is 6.42 Å². The molecule has 0 saturated carbocycles. The number of hydrogen-bond donors (Lipinski definition) is 1. The van der Waals surface area contributed by atoms with E-state index in [0.717, 1.165) is 21.7 Å². The summed E-state index contributed by atoms with van der Waals surface area (Å²) in [5.74, 6) is 0.682. The maximum absolute atomic E-state index is 4.63. The first-order chi connectivity index (χ1) is 10.2. The van der Waals surface area contributed by atoms with Gasteiger partial charge in [-0.05, 0) is 31.5 Å². The van der Waals surface area contributed by atoms with Crippen molar-refractivity contribution in [3.8, 4) is 0 Å². The third-order valence-corrected chi connectivity index (χ3v) is 5.40. The molecule has 1 N–H and O–H groups in total. The van der Waals surface area contributed by atoms with E-state index in [4.69, 9.17) is 0 Å². The predicted molar refractivity (Wildman–Crippen MR) is 91.6 cm³/mol. The zero-order valence-corrected chi connectivity index (χ0v) is 13.9. The molecule has 0 radical (unpaired) electrons. The van der Waals surface area contributed by atoms with Crippen molar-refractivity contribution in [2.24, 2.45) is 0 Å². The lowest BCUT2D eigenvalue weighted by molar-refractivity contribution is 1.10. The molecule has 2 aromatic heterocycles. The van der Waals surface area contributed by atoms with E-state index in [1.54, 1.807) is 23.1 Å². The molecule has 0 aliphatic rings. The summed E-state index contributed by atoms with van der Waals surface area (Å²) in [6, 6.07) is 10.8. The van der Waals surface area contributed by atoms with E-state index in [1.807, 2.05) is 7.05 Å². The number of anilines is 1. The second-order valence-electron chi connectivity index (χ2n) is 4.80. The Bertz CT molecular complexity index is 763. The Hall–Kier alpha value is -1.59. The lowest BCUT2D eigenvalue weighted by Crippen LogP contribution is -1.96. The zero-order valence-electron chi connectivity index (χ0n) is 12.3. The van der Waals surface area contributed by atoms with Crippen molar-refractivity contribution in [3.63, 3.8) is 0 Å². The first kappa shape index (κ1) is 14.4. The molecule has 5 heteroatoms. The van der Waals surface area contributed by atoms with E-state index >= 15 is 0 Å². The molecule has 3 aromatic rings. The van der Waals surface area contributed by atoms with E-state index in [-0.39, 0.29) is 0 Å². The van der Waals surface area contributed by atoms with Crippen molar-refractivity contribution >= 4 is 39.3 Å². The molecule has 0 unspecified atom stereocenters. The van der Waals surface area contributed by atoms with Crippen LogP contribution in [0.25, 0.3) is 10.2 Å². The highest BCUT2D eigenvalue weighted by Gasteiger charge is 2.12. The third kappa shape index (κ3) is 3.04. The monoisotopic (exact) mass is 315 g/mol. The molecule has 0 spiro atoms. The van der Waals surface area contributed by atoms with Gasteiger partial charge in [-0.3, -0.25) is 0 Å². The van der Waals surface area contributed by atoms with Crippen LogP contribution in [0, 0.1) is 6.92 Å². The fourth-order valence-electron chi connectivity index (χ4n) is 2.03. The molecule has 3 rings (SSSR count). The Labute approximate surface area is 132 Å². The third-order valence-electron chi connectivity index (χ3n) is 3.22. The maximum Gasteiger partial charge on any atom is 0.224 e. The molecule has 0 bridgehead atoms. The standard InChI is InChI=1S/C16H17N3S2/c1-4-11-9-13-14(20-11)18-16(17-3)19-15(13)21-12-7-5-10(2)6-8-12/h5-9H,4H2,1-3H3,(H,17,18,19). The Balaban J connectivity index is 2.06. The lowest BCUT2D eigenvalue weighted by atomic mass is 10.2. The number of thiophene rings is 1. The summed E-state index contributed by atoms with van der Waals surface area (Å²) in [6.07, 6.45) is 1.03. The summed E-state index contributed by atoms with van der Waals surface area (Å²) in [7, 11) is 1.86. The molecular weight excluding hydrogens is 298 g/mol. The minimum Gasteiger partial charge on any atom is -0.357 e. The van der Waals surface area contributed by atoms with Crippen LogP contribution >= 0.6 is 23.1 Å².